The summed E-state index contributed by atoms with van der Waals surface area (Å²) in [5.74, 6) is 0.264. The van der Waals surface area contributed by atoms with E-state index in [2.05, 4.69) is 0 Å². The Balaban J connectivity index is 1.62. The van der Waals surface area contributed by atoms with Crippen molar-refractivity contribution in [2.75, 3.05) is 6.61 Å². The number of ether oxygens (including phenoxy) is 1. The van der Waals surface area contributed by atoms with Crippen molar-refractivity contribution in [3.8, 4) is 0 Å². The summed E-state index contributed by atoms with van der Waals surface area (Å²) in [6, 6.07) is 9.57. The Morgan fingerprint density at radius 1 is 1.17 bits per heavy atom. The molecule has 1 fully saturated rings. The minimum absolute atomic E-state index is 0.264. The molecule has 1 saturated heterocycles. The Morgan fingerprint density at radius 3 is 2.72 bits per heavy atom. The van der Waals surface area contributed by atoms with Gasteiger partial charge in [-0.1, -0.05) is 36.8 Å². The number of rotatable bonds is 6. The van der Waals surface area contributed by atoms with Gasteiger partial charge < -0.3 is 4.74 Å². The van der Waals surface area contributed by atoms with Gasteiger partial charge in [0.05, 0.1) is 6.10 Å². The molecule has 1 aromatic rings. The highest BCUT2D eigenvalue weighted by molar-refractivity contribution is 5.95. The fourth-order valence-electron chi connectivity index (χ4n) is 2.46. The molecule has 0 radical (unpaired) electrons. The minimum Gasteiger partial charge on any atom is -0.378 e. The molecule has 98 valence electrons. The van der Waals surface area contributed by atoms with Crippen LogP contribution in [0.5, 0.6) is 0 Å². The first-order valence-electron chi connectivity index (χ1n) is 7.06. The molecule has 0 N–H and O–H groups in total. The Bertz CT molecular complexity index is 353. The summed E-state index contributed by atoms with van der Waals surface area (Å²) in [6.45, 7) is 0.924. The lowest BCUT2D eigenvalue weighted by Crippen LogP contribution is -2.18. The molecule has 1 unspecified atom stereocenters. The van der Waals surface area contributed by atoms with E-state index in [1.807, 2.05) is 30.3 Å². The van der Waals surface area contributed by atoms with Crippen molar-refractivity contribution in [1.82, 2.24) is 0 Å². The Labute approximate surface area is 109 Å². The van der Waals surface area contributed by atoms with Crippen molar-refractivity contribution >= 4 is 5.78 Å². The summed E-state index contributed by atoms with van der Waals surface area (Å²) in [7, 11) is 0. The van der Waals surface area contributed by atoms with E-state index in [1.54, 1.807) is 0 Å². The predicted molar refractivity (Wildman–Crippen MR) is 72.8 cm³/mol. The van der Waals surface area contributed by atoms with Gasteiger partial charge in [0.1, 0.15) is 0 Å². The SMILES string of the molecule is O=C(CCCCC1CCCCO1)c1ccccc1. The topological polar surface area (TPSA) is 26.3 Å². The Hall–Kier alpha value is -1.15. The lowest BCUT2D eigenvalue weighted by molar-refractivity contribution is 0.00979. The van der Waals surface area contributed by atoms with Gasteiger partial charge in [0.25, 0.3) is 0 Å². The average molecular weight is 246 g/mol. The summed E-state index contributed by atoms with van der Waals surface area (Å²) in [5.41, 5.74) is 0.839. The molecule has 2 rings (SSSR count). The smallest absolute Gasteiger partial charge is 0.162 e. The highest BCUT2D eigenvalue weighted by Gasteiger charge is 2.13. The Kier molecular flexibility index (Phi) is 5.40. The maximum absolute atomic E-state index is 11.9. The number of carbonyl (C=O) groups is 1. The van der Waals surface area contributed by atoms with Gasteiger partial charge in [-0.15, -0.1) is 0 Å². The van der Waals surface area contributed by atoms with Gasteiger partial charge in [-0.25, -0.2) is 0 Å². The predicted octanol–water partition coefficient (Wildman–Crippen LogP) is 4.00. The van der Waals surface area contributed by atoms with E-state index in [-0.39, 0.29) is 5.78 Å². The molecule has 0 saturated carbocycles. The zero-order valence-electron chi connectivity index (χ0n) is 10.9. The van der Waals surface area contributed by atoms with Crippen LogP contribution < -0.4 is 0 Å². The lowest BCUT2D eigenvalue weighted by atomic mass is 10.0. The van der Waals surface area contributed by atoms with Crippen molar-refractivity contribution in [2.45, 2.75) is 51.0 Å². The van der Waals surface area contributed by atoms with E-state index in [9.17, 15) is 4.79 Å². The highest BCUT2D eigenvalue weighted by Crippen LogP contribution is 2.18. The van der Waals surface area contributed by atoms with Gasteiger partial charge in [-0.3, -0.25) is 4.79 Å². The van der Waals surface area contributed by atoms with Crippen molar-refractivity contribution in [2.24, 2.45) is 0 Å². The van der Waals surface area contributed by atoms with Gasteiger partial charge in [0.15, 0.2) is 5.78 Å². The first-order valence-corrected chi connectivity index (χ1v) is 7.06. The van der Waals surface area contributed by atoms with Crippen LogP contribution >= 0.6 is 0 Å². The molecule has 0 aromatic heterocycles. The highest BCUT2D eigenvalue weighted by atomic mass is 16.5. The maximum Gasteiger partial charge on any atom is 0.162 e. The quantitative estimate of drug-likeness (QED) is 0.560. The molecule has 2 heteroatoms. The van der Waals surface area contributed by atoms with Gasteiger partial charge in [-0.05, 0) is 32.1 Å². The third kappa shape index (κ3) is 4.26. The number of Topliss-reactive ketones (excluding diaryl/α,β-unsaturated/α-hetero) is 1. The molecule has 1 aromatic carbocycles. The molecular weight excluding hydrogens is 224 g/mol. The number of ketones is 1. The molecular formula is C16H22O2. The van der Waals surface area contributed by atoms with Crippen LogP contribution in [0.2, 0.25) is 0 Å². The molecule has 0 spiro atoms. The van der Waals surface area contributed by atoms with Crippen molar-refractivity contribution in [1.29, 1.82) is 0 Å². The monoisotopic (exact) mass is 246 g/mol. The second-order valence-electron chi connectivity index (χ2n) is 5.02. The second-order valence-corrected chi connectivity index (χ2v) is 5.02. The minimum atomic E-state index is 0.264. The largest absolute Gasteiger partial charge is 0.378 e. The molecule has 18 heavy (non-hydrogen) atoms. The molecule has 1 aliphatic rings. The Morgan fingerprint density at radius 2 is 2.00 bits per heavy atom. The van der Waals surface area contributed by atoms with Gasteiger partial charge in [0, 0.05) is 18.6 Å². The summed E-state index contributed by atoms with van der Waals surface area (Å²) in [4.78, 5) is 11.9. The first kappa shape index (κ1) is 13.3. The van der Waals surface area contributed by atoms with Crippen LogP contribution in [0.1, 0.15) is 55.3 Å². The molecule has 0 bridgehead atoms. The first-order chi connectivity index (χ1) is 8.86. The standard InChI is InChI=1S/C16H22O2/c17-16(14-8-2-1-3-9-14)12-5-4-10-15-11-6-7-13-18-15/h1-3,8-9,15H,4-7,10-13H2. The van der Waals surface area contributed by atoms with E-state index < -0.39 is 0 Å². The van der Waals surface area contributed by atoms with Gasteiger partial charge >= 0.3 is 0 Å². The van der Waals surface area contributed by atoms with E-state index >= 15 is 0 Å². The molecule has 2 nitrogen and oxygen atoms in total. The fraction of sp³-hybridized carbons (Fsp3) is 0.562. The molecule has 1 atom stereocenters. The van der Waals surface area contributed by atoms with Crippen LogP contribution in [-0.4, -0.2) is 18.5 Å². The fourth-order valence-corrected chi connectivity index (χ4v) is 2.46. The van der Waals surface area contributed by atoms with Crippen LogP contribution in [0, 0.1) is 0 Å². The maximum atomic E-state index is 11.9. The summed E-state index contributed by atoms with van der Waals surface area (Å²) < 4.78 is 5.68. The summed E-state index contributed by atoms with van der Waals surface area (Å²) in [5, 5.41) is 0. The van der Waals surface area contributed by atoms with E-state index in [0.717, 1.165) is 31.4 Å². The van der Waals surface area contributed by atoms with E-state index in [4.69, 9.17) is 4.74 Å². The molecule has 0 amide bonds. The third-order valence-corrected chi connectivity index (χ3v) is 3.55. The normalized spacial score (nSPS) is 19.7. The zero-order chi connectivity index (χ0) is 12.6. The number of benzene rings is 1. The van der Waals surface area contributed by atoms with Crippen LogP contribution in [0.25, 0.3) is 0 Å². The molecule has 1 aliphatic heterocycles. The van der Waals surface area contributed by atoms with Gasteiger partial charge in [-0.2, -0.15) is 0 Å². The second kappa shape index (κ2) is 7.32. The zero-order valence-corrected chi connectivity index (χ0v) is 10.9. The lowest BCUT2D eigenvalue weighted by Gasteiger charge is -2.22. The van der Waals surface area contributed by atoms with E-state index in [0.29, 0.717) is 12.5 Å². The van der Waals surface area contributed by atoms with Gasteiger partial charge in [0.2, 0.25) is 0 Å². The number of hydrogen-bond donors (Lipinski definition) is 0. The van der Waals surface area contributed by atoms with Crippen molar-refractivity contribution in [3.05, 3.63) is 35.9 Å². The van der Waals surface area contributed by atoms with Crippen LogP contribution in [0.15, 0.2) is 30.3 Å². The van der Waals surface area contributed by atoms with E-state index in [1.165, 1.54) is 19.3 Å². The summed E-state index contributed by atoms with van der Waals surface area (Å²) in [6.07, 6.45) is 8.02. The summed E-state index contributed by atoms with van der Waals surface area (Å²) >= 11 is 0. The van der Waals surface area contributed by atoms with Crippen LogP contribution in [-0.2, 0) is 4.74 Å². The van der Waals surface area contributed by atoms with Crippen LogP contribution in [0.3, 0.4) is 0 Å². The molecule has 0 aliphatic carbocycles. The van der Waals surface area contributed by atoms with Crippen molar-refractivity contribution in [3.63, 3.8) is 0 Å². The number of unbranched alkanes of at least 4 members (excludes halogenated alkanes) is 1. The molecule has 1 heterocycles. The van der Waals surface area contributed by atoms with Crippen molar-refractivity contribution < 1.29 is 9.53 Å². The number of carbonyl (C=O) groups excluding carboxylic acids is 1. The third-order valence-electron chi connectivity index (χ3n) is 3.55. The average Bonchev–Trinajstić information content (AvgIpc) is 2.45. The number of hydrogen-bond acceptors (Lipinski definition) is 2. The van der Waals surface area contributed by atoms with Crippen LogP contribution in [0.4, 0.5) is 0 Å².